The molecule has 1 N–H and O–H groups in total. The van der Waals surface area contributed by atoms with Crippen molar-refractivity contribution in [1.82, 2.24) is 10.2 Å². The van der Waals surface area contributed by atoms with Crippen molar-refractivity contribution in [3.8, 4) is 0 Å². The molecule has 20 heavy (non-hydrogen) atoms. The van der Waals surface area contributed by atoms with E-state index < -0.39 is 9.84 Å². The van der Waals surface area contributed by atoms with Crippen LogP contribution in [0.5, 0.6) is 0 Å². The lowest BCUT2D eigenvalue weighted by atomic mass is 10.0. The molecule has 0 aromatic carbocycles. The maximum absolute atomic E-state index is 12.6. The van der Waals surface area contributed by atoms with Gasteiger partial charge in [0.1, 0.15) is 0 Å². The molecule has 2 atom stereocenters. The number of ether oxygens (including phenoxy) is 1. The summed E-state index contributed by atoms with van der Waals surface area (Å²) in [6, 6.07) is -0.352. The summed E-state index contributed by atoms with van der Waals surface area (Å²) in [6.45, 7) is 1.76. The number of piperidine rings is 1. The Balaban J connectivity index is 2.04. The van der Waals surface area contributed by atoms with Crippen LogP contribution in [0.1, 0.15) is 25.7 Å². The Morgan fingerprint density at radius 1 is 1.35 bits per heavy atom. The molecule has 0 aromatic rings. The van der Waals surface area contributed by atoms with E-state index in [0.717, 1.165) is 25.8 Å². The fourth-order valence-corrected chi connectivity index (χ4v) is 4.68. The van der Waals surface area contributed by atoms with Crippen LogP contribution >= 0.6 is 0 Å². The van der Waals surface area contributed by atoms with E-state index in [1.54, 1.807) is 12.0 Å². The molecule has 0 radical (unpaired) electrons. The average molecular weight is 304 g/mol. The second kappa shape index (κ2) is 6.87. The van der Waals surface area contributed by atoms with Gasteiger partial charge in [-0.15, -0.1) is 0 Å². The predicted octanol–water partition coefficient (Wildman–Crippen LogP) is -0.209. The van der Waals surface area contributed by atoms with Gasteiger partial charge in [0.2, 0.25) is 5.91 Å². The molecular formula is C13H24N2O4S. The van der Waals surface area contributed by atoms with Gasteiger partial charge in [0.25, 0.3) is 0 Å². The van der Waals surface area contributed by atoms with E-state index in [1.165, 1.54) is 0 Å². The SMILES string of the molecule is COCCN(C(=O)[C@H]1CCCCN1)C1CCS(=O)(=O)C1. The lowest BCUT2D eigenvalue weighted by molar-refractivity contribution is -0.136. The maximum Gasteiger partial charge on any atom is 0.240 e. The number of hydrogen-bond donors (Lipinski definition) is 1. The average Bonchev–Trinajstić information content (AvgIpc) is 2.80. The number of rotatable bonds is 5. The molecular weight excluding hydrogens is 280 g/mol. The second-order valence-electron chi connectivity index (χ2n) is 5.58. The van der Waals surface area contributed by atoms with E-state index in [9.17, 15) is 13.2 Å². The highest BCUT2D eigenvalue weighted by molar-refractivity contribution is 7.91. The Bertz CT molecular complexity index is 432. The third-order valence-electron chi connectivity index (χ3n) is 4.08. The van der Waals surface area contributed by atoms with Crippen LogP contribution in [0, 0.1) is 0 Å². The number of nitrogens with one attached hydrogen (secondary N) is 1. The number of hydrogen-bond acceptors (Lipinski definition) is 5. The lowest BCUT2D eigenvalue weighted by Gasteiger charge is -2.33. The number of methoxy groups -OCH3 is 1. The first-order valence-electron chi connectivity index (χ1n) is 7.27. The zero-order valence-corrected chi connectivity index (χ0v) is 12.8. The number of carbonyl (C=O) groups excluding carboxylic acids is 1. The Labute approximate surface area is 120 Å². The third kappa shape index (κ3) is 3.93. The number of nitrogens with zero attached hydrogens (tertiary/aromatic N) is 1. The maximum atomic E-state index is 12.6. The van der Waals surface area contributed by atoms with E-state index in [2.05, 4.69) is 5.32 Å². The first-order chi connectivity index (χ1) is 9.53. The Kier molecular flexibility index (Phi) is 5.40. The van der Waals surface area contributed by atoms with Crippen LogP contribution < -0.4 is 5.32 Å². The van der Waals surface area contributed by atoms with Crippen molar-refractivity contribution in [3.05, 3.63) is 0 Å². The molecule has 0 bridgehead atoms. The van der Waals surface area contributed by atoms with Crippen LogP contribution in [0.2, 0.25) is 0 Å². The van der Waals surface area contributed by atoms with Crippen molar-refractivity contribution < 1.29 is 17.9 Å². The van der Waals surface area contributed by atoms with Gasteiger partial charge in [-0.25, -0.2) is 8.42 Å². The first kappa shape index (κ1) is 15.7. The molecule has 0 aliphatic carbocycles. The zero-order chi connectivity index (χ0) is 14.6. The molecule has 7 heteroatoms. The van der Waals surface area contributed by atoms with Gasteiger partial charge in [0.15, 0.2) is 9.84 Å². The standard InChI is InChI=1S/C13H24N2O4S/c1-19-8-7-15(11-5-9-20(17,18)10-11)13(16)12-4-2-3-6-14-12/h11-12,14H,2-10H2,1H3/t11?,12-/m1/s1. The Morgan fingerprint density at radius 3 is 2.70 bits per heavy atom. The van der Waals surface area contributed by atoms with Gasteiger partial charge in [0, 0.05) is 19.7 Å². The third-order valence-corrected chi connectivity index (χ3v) is 5.83. The Morgan fingerprint density at radius 2 is 2.15 bits per heavy atom. The predicted molar refractivity (Wildman–Crippen MR) is 76.3 cm³/mol. The van der Waals surface area contributed by atoms with Gasteiger partial charge < -0.3 is 15.0 Å². The summed E-state index contributed by atoms with van der Waals surface area (Å²) in [7, 11) is -1.39. The molecule has 2 fully saturated rings. The summed E-state index contributed by atoms with van der Waals surface area (Å²) in [4.78, 5) is 14.3. The van der Waals surface area contributed by atoms with Gasteiger partial charge >= 0.3 is 0 Å². The summed E-state index contributed by atoms with van der Waals surface area (Å²) >= 11 is 0. The molecule has 2 aliphatic rings. The number of amides is 1. The van der Waals surface area contributed by atoms with E-state index in [1.807, 2.05) is 0 Å². The highest BCUT2D eigenvalue weighted by Crippen LogP contribution is 2.20. The zero-order valence-electron chi connectivity index (χ0n) is 12.0. The van der Waals surface area contributed by atoms with Gasteiger partial charge in [0.05, 0.1) is 24.2 Å². The minimum absolute atomic E-state index is 0.0313. The lowest BCUT2D eigenvalue weighted by Crippen LogP contribution is -2.53. The molecule has 6 nitrogen and oxygen atoms in total. The summed E-state index contributed by atoms with van der Waals surface area (Å²) < 4.78 is 28.3. The minimum Gasteiger partial charge on any atom is -0.383 e. The Hall–Kier alpha value is -0.660. The van der Waals surface area contributed by atoms with Crippen molar-refractivity contribution in [2.45, 2.75) is 37.8 Å². The summed E-state index contributed by atoms with van der Waals surface area (Å²) in [5.74, 6) is 0.311. The molecule has 0 saturated carbocycles. The highest BCUT2D eigenvalue weighted by atomic mass is 32.2. The molecule has 1 amide bonds. The van der Waals surface area contributed by atoms with Gasteiger partial charge in [-0.1, -0.05) is 6.42 Å². The van der Waals surface area contributed by atoms with Crippen LogP contribution in [-0.4, -0.2) is 69.6 Å². The van der Waals surface area contributed by atoms with Crippen molar-refractivity contribution in [1.29, 1.82) is 0 Å². The molecule has 2 aliphatic heterocycles. The number of sulfone groups is 1. The second-order valence-corrected chi connectivity index (χ2v) is 7.81. The van der Waals surface area contributed by atoms with Crippen LogP contribution in [0.4, 0.5) is 0 Å². The van der Waals surface area contributed by atoms with Crippen molar-refractivity contribution in [2.75, 3.05) is 38.3 Å². The topological polar surface area (TPSA) is 75.7 Å². The van der Waals surface area contributed by atoms with Crippen molar-refractivity contribution in [3.63, 3.8) is 0 Å². The molecule has 2 rings (SSSR count). The molecule has 1 unspecified atom stereocenters. The van der Waals surface area contributed by atoms with E-state index >= 15 is 0 Å². The van der Waals surface area contributed by atoms with Crippen LogP contribution in [0.25, 0.3) is 0 Å². The van der Waals surface area contributed by atoms with E-state index in [4.69, 9.17) is 4.74 Å². The van der Waals surface area contributed by atoms with Gasteiger partial charge in [-0.3, -0.25) is 4.79 Å². The smallest absolute Gasteiger partial charge is 0.240 e. The van der Waals surface area contributed by atoms with Gasteiger partial charge in [-0.05, 0) is 25.8 Å². The van der Waals surface area contributed by atoms with Crippen LogP contribution in [-0.2, 0) is 19.4 Å². The number of carbonyl (C=O) groups is 1. The summed E-state index contributed by atoms with van der Waals surface area (Å²) in [6.07, 6.45) is 3.52. The fraction of sp³-hybridized carbons (Fsp3) is 0.923. The largest absolute Gasteiger partial charge is 0.383 e. The monoisotopic (exact) mass is 304 g/mol. The molecule has 2 saturated heterocycles. The van der Waals surface area contributed by atoms with Gasteiger partial charge in [-0.2, -0.15) is 0 Å². The highest BCUT2D eigenvalue weighted by Gasteiger charge is 2.36. The first-order valence-corrected chi connectivity index (χ1v) is 9.09. The molecule has 0 aromatic heterocycles. The van der Waals surface area contributed by atoms with E-state index in [0.29, 0.717) is 19.6 Å². The van der Waals surface area contributed by atoms with Crippen LogP contribution in [0.3, 0.4) is 0 Å². The quantitative estimate of drug-likeness (QED) is 0.761. The minimum atomic E-state index is -2.98. The molecule has 0 spiro atoms. The summed E-state index contributed by atoms with van der Waals surface area (Å²) in [5, 5.41) is 3.24. The molecule has 2 heterocycles. The van der Waals surface area contributed by atoms with Crippen molar-refractivity contribution >= 4 is 15.7 Å². The van der Waals surface area contributed by atoms with Crippen molar-refractivity contribution in [2.24, 2.45) is 0 Å². The van der Waals surface area contributed by atoms with Crippen LogP contribution in [0.15, 0.2) is 0 Å². The molecule has 116 valence electrons. The normalized spacial score (nSPS) is 29.2. The van der Waals surface area contributed by atoms with E-state index in [-0.39, 0.29) is 29.5 Å². The fourth-order valence-electron chi connectivity index (χ4n) is 2.95. The summed E-state index contributed by atoms with van der Waals surface area (Å²) in [5.41, 5.74) is 0.